The van der Waals surface area contributed by atoms with Gasteiger partial charge in [0.1, 0.15) is 0 Å². The molecule has 1 rings (SSSR count). The van der Waals surface area contributed by atoms with E-state index < -0.39 is 0 Å². The third-order valence-corrected chi connectivity index (χ3v) is 1.88. The fourth-order valence-electron chi connectivity index (χ4n) is 1.09. The summed E-state index contributed by atoms with van der Waals surface area (Å²) in [7, 11) is 1.86. The SMILES string of the molecule is CNc1cccc(C(C)=NN=C(N)N)c1. The Labute approximate surface area is 88.9 Å². The second-order valence-corrected chi connectivity index (χ2v) is 3.04. The van der Waals surface area contributed by atoms with Crippen molar-refractivity contribution in [2.75, 3.05) is 12.4 Å². The number of hydrogen-bond donors (Lipinski definition) is 3. The molecule has 5 N–H and O–H groups in total. The first-order valence-electron chi connectivity index (χ1n) is 4.55. The highest BCUT2D eigenvalue weighted by Crippen LogP contribution is 2.10. The zero-order valence-electron chi connectivity index (χ0n) is 8.86. The van der Waals surface area contributed by atoms with Gasteiger partial charge in [-0.25, -0.2) is 0 Å². The largest absolute Gasteiger partial charge is 0.388 e. The Balaban J connectivity index is 2.95. The van der Waals surface area contributed by atoms with Gasteiger partial charge >= 0.3 is 0 Å². The average Bonchev–Trinajstić information content (AvgIpc) is 2.26. The third kappa shape index (κ3) is 3.30. The monoisotopic (exact) mass is 205 g/mol. The van der Waals surface area contributed by atoms with Crippen molar-refractivity contribution < 1.29 is 0 Å². The number of benzene rings is 1. The summed E-state index contributed by atoms with van der Waals surface area (Å²) in [5.41, 5.74) is 13.1. The molecule has 0 aliphatic heterocycles. The number of rotatable bonds is 3. The minimum absolute atomic E-state index is 0.0425. The Morgan fingerprint density at radius 3 is 2.60 bits per heavy atom. The number of anilines is 1. The molecular formula is C10H15N5. The quantitative estimate of drug-likeness (QED) is 0.386. The van der Waals surface area contributed by atoms with E-state index in [2.05, 4.69) is 15.5 Å². The Bertz CT molecular complexity index is 391. The van der Waals surface area contributed by atoms with Crippen molar-refractivity contribution in [2.24, 2.45) is 21.7 Å². The standard InChI is InChI=1S/C10H15N5/c1-7(14-15-10(11)12)8-4-3-5-9(6-8)13-2/h3-6,13H,1-2H3,(H4,11,12,15). The summed E-state index contributed by atoms with van der Waals surface area (Å²) in [4.78, 5) is 0. The van der Waals surface area contributed by atoms with Crippen molar-refractivity contribution in [1.29, 1.82) is 0 Å². The van der Waals surface area contributed by atoms with Gasteiger partial charge in [-0.15, -0.1) is 5.10 Å². The summed E-state index contributed by atoms with van der Waals surface area (Å²) in [5, 5.41) is 10.5. The van der Waals surface area contributed by atoms with Gasteiger partial charge in [-0.1, -0.05) is 12.1 Å². The molecule has 1 aromatic rings. The van der Waals surface area contributed by atoms with Crippen molar-refractivity contribution in [3.8, 4) is 0 Å². The summed E-state index contributed by atoms with van der Waals surface area (Å²) in [5.74, 6) is -0.0425. The zero-order valence-corrected chi connectivity index (χ0v) is 8.86. The summed E-state index contributed by atoms with van der Waals surface area (Å²) in [6, 6.07) is 7.83. The fraction of sp³-hybridized carbons (Fsp3) is 0.200. The molecule has 80 valence electrons. The molecule has 0 atom stereocenters. The maximum Gasteiger partial charge on any atom is 0.211 e. The van der Waals surface area contributed by atoms with E-state index in [-0.39, 0.29) is 5.96 Å². The molecule has 0 bridgehead atoms. The van der Waals surface area contributed by atoms with Crippen molar-refractivity contribution in [3.63, 3.8) is 0 Å². The Kier molecular flexibility index (Phi) is 3.68. The second-order valence-electron chi connectivity index (χ2n) is 3.04. The highest BCUT2D eigenvalue weighted by molar-refractivity contribution is 5.99. The lowest BCUT2D eigenvalue weighted by atomic mass is 10.1. The predicted molar refractivity (Wildman–Crippen MR) is 64.0 cm³/mol. The van der Waals surface area contributed by atoms with E-state index >= 15 is 0 Å². The van der Waals surface area contributed by atoms with E-state index in [1.165, 1.54) is 0 Å². The van der Waals surface area contributed by atoms with Crippen molar-refractivity contribution in [2.45, 2.75) is 6.92 Å². The van der Waals surface area contributed by atoms with Crippen molar-refractivity contribution >= 4 is 17.4 Å². The number of nitrogens with two attached hydrogens (primary N) is 2. The van der Waals surface area contributed by atoms with Gasteiger partial charge in [0.2, 0.25) is 5.96 Å². The van der Waals surface area contributed by atoms with Crippen molar-refractivity contribution in [1.82, 2.24) is 0 Å². The number of nitrogens with zero attached hydrogens (tertiary/aromatic N) is 2. The second kappa shape index (κ2) is 4.99. The van der Waals surface area contributed by atoms with Gasteiger partial charge < -0.3 is 16.8 Å². The molecule has 0 fully saturated rings. The molecule has 0 aromatic heterocycles. The normalized spacial score (nSPS) is 10.9. The van der Waals surface area contributed by atoms with Gasteiger partial charge in [-0.05, 0) is 24.6 Å². The minimum Gasteiger partial charge on any atom is -0.388 e. The zero-order chi connectivity index (χ0) is 11.3. The molecule has 0 amide bonds. The third-order valence-electron chi connectivity index (χ3n) is 1.88. The van der Waals surface area contributed by atoms with E-state index in [4.69, 9.17) is 11.5 Å². The number of guanidine groups is 1. The van der Waals surface area contributed by atoms with Crippen LogP contribution in [0.2, 0.25) is 0 Å². The molecule has 0 aliphatic carbocycles. The number of hydrogen-bond acceptors (Lipinski definition) is 3. The molecule has 0 unspecified atom stereocenters. The van der Waals surface area contributed by atoms with Gasteiger partial charge in [-0.2, -0.15) is 5.10 Å². The maximum absolute atomic E-state index is 5.18. The van der Waals surface area contributed by atoms with Crippen LogP contribution in [-0.2, 0) is 0 Å². The summed E-state index contributed by atoms with van der Waals surface area (Å²) in [6.07, 6.45) is 0. The van der Waals surface area contributed by atoms with Crippen LogP contribution in [0, 0.1) is 0 Å². The van der Waals surface area contributed by atoms with E-state index in [0.29, 0.717) is 0 Å². The van der Waals surface area contributed by atoms with E-state index in [1.54, 1.807) is 0 Å². The highest BCUT2D eigenvalue weighted by Gasteiger charge is 1.97. The highest BCUT2D eigenvalue weighted by atomic mass is 15.3. The Morgan fingerprint density at radius 2 is 2.00 bits per heavy atom. The molecular weight excluding hydrogens is 190 g/mol. The van der Waals surface area contributed by atoms with Crippen LogP contribution in [0.1, 0.15) is 12.5 Å². The van der Waals surface area contributed by atoms with Crippen LogP contribution in [0.4, 0.5) is 5.69 Å². The van der Waals surface area contributed by atoms with Crippen LogP contribution < -0.4 is 16.8 Å². The van der Waals surface area contributed by atoms with Gasteiger partial charge in [0.25, 0.3) is 0 Å². The van der Waals surface area contributed by atoms with Crippen LogP contribution in [0.25, 0.3) is 0 Å². The van der Waals surface area contributed by atoms with Gasteiger partial charge in [-0.3, -0.25) is 0 Å². The summed E-state index contributed by atoms with van der Waals surface area (Å²) in [6.45, 7) is 1.85. The van der Waals surface area contributed by atoms with Crippen molar-refractivity contribution in [3.05, 3.63) is 29.8 Å². The Hall–Kier alpha value is -2.04. The lowest BCUT2D eigenvalue weighted by Gasteiger charge is -2.03. The van der Waals surface area contributed by atoms with Crippen LogP contribution in [0.5, 0.6) is 0 Å². The average molecular weight is 205 g/mol. The molecule has 0 aliphatic rings. The number of nitrogens with one attached hydrogen (secondary N) is 1. The van der Waals surface area contributed by atoms with Crippen LogP contribution >= 0.6 is 0 Å². The molecule has 0 radical (unpaired) electrons. The molecule has 5 nitrogen and oxygen atoms in total. The molecule has 15 heavy (non-hydrogen) atoms. The minimum atomic E-state index is -0.0425. The molecule has 5 heteroatoms. The molecule has 1 aromatic carbocycles. The molecule has 0 spiro atoms. The molecule has 0 heterocycles. The molecule has 0 saturated carbocycles. The van der Waals surface area contributed by atoms with E-state index in [9.17, 15) is 0 Å². The summed E-state index contributed by atoms with van der Waals surface area (Å²) >= 11 is 0. The van der Waals surface area contributed by atoms with E-state index in [0.717, 1.165) is 17.0 Å². The van der Waals surface area contributed by atoms with E-state index in [1.807, 2.05) is 38.2 Å². The first-order chi connectivity index (χ1) is 7.13. The lowest BCUT2D eigenvalue weighted by Crippen LogP contribution is -2.22. The van der Waals surface area contributed by atoms with Crippen LogP contribution in [0.15, 0.2) is 34.5 Å². The topological polar surface area (TPSA) is 88.8 Å². The summed E-state index contributed by atoms with van der Waals surface area (Å²) < 4.78 is 0. The first-order valence-corrected chi connectivity index (χ1v) is 4.55. The Morgan fingerprint density at radius 1 is 1.27 bits per heavy atom. The van der Waals surface area contributed by atoms with Crippen LogP contribution in [-0.4, -0.2) is 18.7 Å². The maximum atomic E-state index is 5.18. The smallest absolute Gasteiger partial charge is 0.211 e. The lowest BCUT2D eigenvalue weighted by molar-refractivity contribution is 1.20. The van der Waals surface area contributed by atoms with Gasteiger partial charge in [0.15, 0.2) is 0 Å². The predicted octanol–water partition coefficient (Wildman–Crippen LogP) is 0.726. The molecule has 0 saturated heterocycles. The van der Waals surface area contributed by atoms with Gasteiger partial charge in [0, 0.05) is 12.7 Å². The first kappa shape index (κ1) is 11.0. The van der Waals surface area contributed by atoms with Gasteiger partial charge in [0.05, 0.1) is 5.71 Å². The van der Waals surface area contributed by atoms with Crippen LogP contribution in [0.3, 0.4) is 0 Å². The fourth-order valence-corrected chi connectivity index (χ4v) is 1.09.